The van der Waals surface area contributed by atoms with Gasteiger partial charge >= 0.3 is 0 Å². The van der Waals surface area contributed by atoms with Crippen LogP contribution in [0.1, 0.15) is 30.7 Å². The van der Waals surface area contributed by atoms with Crippen LogP contribution in [0.5, 0.6) is 0 Å². The second-order valence-corrected chi connectivity index (χ2v) is 6.67. The molecule has 27 heavy (non-hydrogen) atoms. The van der Waals surface area contributed by atoms with E-state index in [1.54, 1.807) is 31.5 Å². The Morgan fingerprint density at radius 2 is 2.04 bits per heavy atom. The number of fused-ring (bicyclic) bond motifs is 1. The molecule has 1 amide bonds. The van der Waals surface area contributed by atoms with Gasteiger partial charge in [-0.2, -0.15) is 10.4 Å². The molecule has 2 N–H and O–H groups in total. The van der Waals surface area contributed by atoms with Crippen LogP contribution in [0.3, 0.4) is 0 Å². The fourth-order valence-electron chi connectivity index (χ4n) is 2.75. The van der Waals surface area contributed by atoms with Crippen LogP contribution in [0.25, 0.3) is 10.9 Å². The van der Waals surface area contributed by atoms with E-state index in [0.29, 0.717) is 17.8 Å². The van der Waals surface area contributed by atoms with E-state index in [4.69, 9.17) is 9.94 Å². The maximum Gasteiger partial charge on any atom is 0.274 e. The first-order chi connectivity index (χ1) is 12.9. The highest BCUT2D eigenvalue weighted by molar-refractivity contribution is 5.84. The Morgan fingerprint density at radius 3 is 2.70 bits per heavy atom. The van der Waals surface area contributed by atoms with Gasteiger partial charge in [0.25, 0.3) is 5.91 Å². The molecule has 0 radical (unpaired) electrons. The number of carbonyl (C=O) groups is 1. The van der Waals surface area contributed by atoms with E-state index in [2.05, 4.69) is 11.2 Å². The van der Waals surface area contributed by atoms with E-state index in [9.17, 15) is 10.1 Å². The van der Waals surface area contributed by atoms with Crippen LogP contribution in [-0.4, -0.2) is 26.5 Å². The van der Waals surface area contributed by atoms with E-state index in [-0.39, 0.29) is 6.61 Å². The Morgan fingerprint density at radius 1 is 1.30 bits per heavy atom. The van der Waals surface area contributed by atoms with Crippen molar-refractivity contribution in [2.24, 2.45) is 0 Å². The molecule has 7 nitrogen and oxygen atoms in total. The summed E-state index contributed by atoms with van der Waals surface area (Å²) >= 11 is 0. The number of nitriles is 1. The lowest BCUT2D eigenvalue weighted by atomic mass is 10.1. The third-order valence-corrected chi connectivity index (χ3v) is 4.35. The minimum Gasteiger partial charge on any atom is -0.359 e. The first-order valence-electron chi connectivity index (χ1n) is 8.46. The molecule has 3 rings (SSSR count). The van der Waals surface area contributed by atoms with Crippen molar-refractivity contribution in [1.82, 2.24) is 15.3 Å². The fourth-order valence-corrected chi connectivity index (χ4v) is 2.75. The molecule has 3 aromatic rings. The summed E-state index contributed by atoms with van der Waals surface area (Å²) in [7, 11) is 0. The van der Waals surface area contributed by atoms with Crippen molar-refractivity contribution in [2.75, 3.05) is 0 Å². The van der Waals surface area contributed by atoms with Crippen LogP contribution in [0.4, 0.5) is 0 Å². The SMILES string of the molecule is CC(C)(OCc1nn(Cc2ccccc2)c2ccc(C#N)cc12)C(=O)NO. The van der Waals surface area contributed by atoms with Gasteiger partial charge in [-0.3, -0.25) is 14.7 Å². The van der Waals surface area contributed by atoms with E-state index < -0.39 is 11.5 Å². The van der Waals surface area contributed by atoms with Gasteiger partial charge in [0.15, 0.2) is 0 Å². The molecule has 0 unspecified atom stereocenters. The number of nitrogens with zero attached hydrogens (tertiary/aromatic N) is 3. The largest absolute Gasteiger partial charge is 0.359 e. The summed E-state index contributed by atoms with van der Waals surface area (Å²) in [5, 5.41) is 23.5. The molecule has 1 heterocycles. The lowest BCUT2D eigenvalue weighted by Gasteiger charge is -2.21. The van der Waals surface area contributed by atoms with Crippen molar-refractivity contribution in [1.29, 1.82) is 5.26 Å². The van der Waals surface area contributed by atoms with Crippen molar-refractivity contribution in [3.8, 4) is 6.07 Å². The Bertz CT molecular complexity index is 1000. The normalized spacial score (nSPS) is 11.3. The lowest BCUT2D eigenvalue weighted by Crippen LogP contribution is -2.42. The topological polar surface area (TPSA) is 100 Å². The number of hydroxylamine groups is 1. The lowest BCUT2D eigenvalue weighted by molar-refractivity contribution is -0.153. The fraction of sp³-hybridized carbons (Fsp3) is 0.250. The minimum absolute atomic E-state index is 0.0631. The number of hydrogen-bond donors (Lipinski definition) is 2. The summed E-state index contributed by atoms with van der Waals surface area (Å²) in [5.74, 6) is -0.645. The Kier molecular flexibility index (Phi) is 5.21. The summed E-state index contributed by atoms with van der Waals surface area (Å²) in [6, 6.07) is 17.4. The molecule has 2 aromatic carbocycles. The number of carbonyl (C=O) groups excluding carboxylic acids is 1. The molecule has 1 aromatic heterocycles. The number of rotatable bonds is 6. The second kappa shape index (κ2) is 7.58. The number of benzene rings is 2. The molecule has 0 saturated heterocycles. The van der Waals surface area contributed by atoms with Crippen LogP contribution in [0.15, 0.2) is 48.5 Å². The quantitative estimate of drug-likeness (QED) is 0.517. The third kappa shape index (κ3) is 3.97. The molecule has 0 saturated carbocycles. The maximum atomic E-state index is 11.7. The predicted molar refractivity (Wildman–Crippen MR) is 98.8 cm³/mol. The van der Waals surface area contributed by atoms with Crippen LogP contribution in [0, 0.1) is 11.3 Å². The zero-order chi connectivity index (χ0) is 19.4. The van der Waals surface area contributed by atoms with Crippen molar-refractivity contribution < 1.29 is 14.7 Å². The predicted octanol–water partition coefficient (Wildman–Crippen LogP) is 2.76. The summed E-state index contributed by atoms with van der Waals surface area (Å²) in [6.07, 6.45) is 0. The Hall–Kier alpha value is -3.21. The van der Waals surface area contributed by atoms with Crippen LogP contribution in [0.2, 0.25) is 0 Å². The molecular formula is C20H20N4O3. The van der Waals surface area contributed by atoms with Gasteiger partial charge in [-0.25, -0.2) is 5.48 Å². The molecular weight excluding hydrogens is 344 g/mol. The molecule has 0 fully saturated rings. The number of aromatic nitrogens is 2. The number of nitrogens with one attached hydrogen (secondary N) is 1. The Labute approximate surface area is 156 Å². The van der Waals surface area contributed by atoms with Crippen LogP contribution < -0.4 is 5.48 Å². The molecule has 0 aliphatic rings. The summed E-state index contributed by atoms with van der Waals surface area (Å²) in [5.41, 5.74) is 3.49. The van der Waals surface area contributed by atoms with Crippen molar-refractivity contribution >= 4 is 16.8 Å². The van der Waals surface area contributed by atoms with E-state index in [0.717, 1.165) is 16.5 Å². The van der Waals surface area contributed by atoms with Gasteiger partial charge in [-0.1, -0.05) is 30.3 Å². The minimum atomic E-state index is -1.23. The van der Waals surface area contributed by atoms with E-state index in [1.165, 1.54) is 0 Å². The van der Waals surface area contributed by atoms with Crippen LogP contribution >= 0.6 is 0 Å². The van der Waals surface area contributed by atoms with Crippen molar-refractivity contribution in [3.05, 3.63) is 65.4 Å². The van der Waals surface area contributed by atoms with Gasteiger partial charge in [0, 0.05) is 5.39 Å². The standard InChI is InChI=1S/C20H20N4O3/c1-20(2,19(25)23-26)27-13-17-16-10-15(11-21)8-9-18(16)24(22-17)12-14-6-4-3-5-7-14/h3-10,26H,12-13H2,1-2H3,(H,23,25). The second-order valence-electron chi connectivity index (χ2n) is 6.67. The maximum absolute atomic E-state index is 11.7. The average molecular weight is 364 g/mol. The molecule has 0 aliphatic carbocycles. The summed E-state index contributed by atoms with van der Waals surface area (Å²) in [6.45, 7) is 3.75. The van der Waals surface area contributed by atoms with Gasteiger partial charge in [-0.15, -0.1) is 0 Å². The highest BCUT2D eigenvalue weighted by atomic mass is 16.5. The van der Waals surface area contributed by atoms with Crippen LogP contribution in [-0.2, 0) is 22.7 Å². The zero-order valence-corrected chi connectivity index (χ0v) is 15.1. The average Bonchev–Trinajstić information content (AvgIpc) is 3.03. The molecule has 0 bridgehead atoms. The molecule has 0 aliphatic heterocycles. The number of hydrogen-bond acceptors (Lipinski definition) is 5. The number of ether oxygens (including phenoxy) is 1. The molecule has 0 atom stereocenters. The number of amides is 1. The molecule has 7 heteroatoms. The highest BCUT2D eigenvalue weighted by Crippen LogP contribution is 2.23. The highest BCUT2D eigenvalue weighted by Gasteiger charge is 2.29. The monoisotopic (exact) mass is 364 g/mol. The van der Waals surface area contributed by atoms with Crippen molar-refractivity contribution in [3.63, 3.8) is 0 Å². The van der Waals surface area contributed by atoms with Gasteiger partial charge in [-0.05, 0) is 37.6 Å². The summed E-state index contributed by atoms with van der Waals surface area (Å²) < 4.78 is 7.53. The first-order valence-corrected chi connectivity index (χ1v) is 8.46. The van der Waals surface area contributed by atoms with Gasteiger partial charge in [0.2, 0.25) is 0 Å². The van der Waals surface area contributed by atoms with Gasteiger partial charge < -0.3 is 4.74 Å². The van der Waals surface area contributed by atoms with Gasteiger partial charge in [0.05, 0.1) is 36.0 Å². The van der Waals surface area contributed by atoms with E-state index in [1.807, 2.05) is 41.1 Å². The first kappa shape index (κ1) is 18.6. The zero-order valence-electron chi connectivity index (χ0n) is 15.1. The Balaban J connectivity index is 1.96. The van der Waals surface area contributed by atoms with Gasteiger partial charge in [0.1, 0.15) is 5.60 Å². The van der Waals surface area contributed by atoms with Crippen molar-refractivity contribution in [2.45, 2.75) is 32.6 Å². The third-order valence-electron chi connectivity index (χ3n) is 4.35. The molecule has 0 spiro atoms. The summed E-state index contributed by atoms with van der Waals surface area (Å²) in [4.78, 5) is 11.7. The molecule has 138 valence electrons. The van der Waals surface area contributed by atoms with E-state index >= 15 is 0 Å². The smallest absolute Gasteiger partial charge is 0.274 e.